The van der Waals surface area contributed by atoms with Crippen LogP contribution in [0.3, 0.4) is 0 Å². The van der Waals surface area contributed by atoms with Crippen molar-refractivity contribution < 1.29 is 0 Å². The van der Waals surface area contributed by atoms with Crippen molar-refractivity contribution in [3.8, 4) is 0 Å². The van der Waals surface area contributed by atoms with Gasteiger partial charge in [0.25, 0.3) is 0 Å². The summed E-state index contributed by atoms with van der Waals surface area (Å²) >= 11 is 0. The Morgan fingerprint density at radius 2 is 1.19 bits per heavy atom. The zero-order valence-electron chi connectivity index (χ0n) is 18.1. The molecular formula is C26H44. The van der Waals surface area contributed by atoms with E-state index in [1.165, 1.54) is 115 Å². The highest BCUT2D eigenvalue weighted by atomic mass is 14.2. The van der Waals surface area contributed by atoms with Crippen LogP contribution in [0.1, 0.15) is 125 Å². The molecule has 0 aromatic heterocycles. The van der Waals surface area contributed by atoms with E-state index in [1.54, 1.807) is 22.3 Å². The first-order valence-electron chi connectivity index (χ1n) is 11.8. The second kappa shape index (κ2) is 12.6. The lowest BCUT2D eigenvalue weighted by atomic mass is 9.84. The summed E-state index contributed by atoms with van der Waals surface area (Å²) in [6.07, 6.45) is 24.0. The van der Waals surface area contributed by atoms with Gasteiger partial charge in [-0.2, -0.15) is 0 Å². The molecule has 0 spiro atoms. The topological polar surface area (TPSA) is 0 Å². The van der Waals surface area contributed by atoms with Gasteiger partial charge in [0.15, 0.2) is 0 Å². The average Bonchev–Trinajstić information content (AvgIpc) is 2.61. The maximum atomic E-state index is 2.53. The van der Waals surface area contributed by atoms with Crippen molar-refractivity contribution in [3.05, 3.63) is 33.9 Å². The van der Waals surface area contributed by atoms with Crippen LogP contribution in [0.25, 0.3) is 0 Å². The SMILES string of the molecule is CCCCCCCCCCCCc1cc(C)c(C)c2c1CCCCCC2. The zero-order chi connectivity index (χ0) is 18.6. The highest BCUT2D eigenvalue weighted by Gasteiger charge is 2.15. The van der Waals surface area contributed by atoms with E-state index in [-0.39, 0.29) is 0 Å². The van der Waals surface area contributed by atoms with Crippen LogP contribution in [0.15, 0.2) is 6.07 Å². The third-order valence-corrected chi connectivity index (χ3v) is 6.59. The first kappa shape index (κ1) is 21.5. The van der Waals surface area contributed by atoms with Gasteiger partial charge in [0.05, 0.1) is 0 Å². The van der Waals surface area contributed by atoms with Gasteiger partial charge in [-0.3, -0.25) is 0 Å². The lowest BCUT2D eigenvalue weighted by molar-refractivity contribution is 0.555. The van der Waals surface area contributed by atoms with E-state index in [0.717, 1.165) is 0 Å². The van der Waals surface area contributed by atoms with Crippen molar-refractivity contribution in [1.82, 2.24) is 0 Å². The minimum atomic E-state index is 1.32. The monoisotopic (exact) mass is 356 g/mol. The fourth-order valence-corrected chi connectivity index (χ4v) is 4.75. The Labute approximate surface area is 164 Å². The largest absolute Gasteiger partial charge is 0.0654 e. The molecule has 0 saturated carbocycles. The average molecular weight is 357 g/mol. The molecule has 26 heavy (non-hydrogen) atoms. The summed E-state index contributed by atoms with van der Waals surface area (Å²) in [5, 5.41) is 0. The Morgan fingerprint density at radius 3 is 1.81 bits per heavy atom. The predicted molar refractivity (Wildman–Crippen MR) is 117 cm³/mol. The van der Waals surface area contributed by atoms with Gasteiger partial charge in [0.2, 0.25) is 0 Å². The molecule has 0 aliphatic heterocycles. The number of hydrogen-bond acceptors (Lipinski definition) is 0. The second-order valence-corrected chi connectivity index (χ2v) is 8.78. The van der Waals surface area contributed by atoms with Crippen molar-refractivity contribution in [2.24, 2.45) is 0 Å². The standard InChI is InChI=1S/C26H44/c1-4-5-6-7-8-9-10-11-12-15-18-24-21-22(2)23(3)25-19-16-13-14-17-20-26(24)25/h21H,4-20H2,1-3H3. The fourth-order valence-electron chi connectivity index (χ4n) is 4.75. The van der Waals surface area contributed by atoms with Gasteiger partial charge in [-0.1, -0.05) is 83.6 Å². The Hall–Kier alpha value is -0.780. The summed E-state index contributed by atoms with van der Waals surface area (Å²) in [4.78, 5) is 0. The molecule has 148 valence electrons. The molecule has 0 atom stereocenters. The molecule has 0 heteroatoms. The van der Waals surface area contributed by atoms with Crippen LogP contribution in [0, 0.1) is 13.8 Å². The van der Waals surface area contributed by atoms with E-state index in [1.807, 2.05) is 0 Å². The van der Waals surface area contributed by atoms with E-state index in [0.29, 0.717) is 0 Å². The Kier molecular flexibility index (Phi) is 10.4. The number of fused-ring (bicyclic) bond motifs is 1. The number of unbranched alkanes of at least 4 members (excludes halogenated alkanes) is 9. The molecule has 2 rings (SSSR count). The Bertz CT molecular complexity index is 511. The normalized spacial score (nSPS) is 14.7. The summed E-state index contributed by atoms with van der Waals surface area (Å²) < 4.78 is 0. The molecule has 0 amide bonds. The van der Waals surface area contributed by atoms with Gasteiger partial charge in [-0.15, -0.1) is 0 Å². The molecule has 0 heterocycles. The van der Waals surface area contributed by atoms with Crippen molar-refractivity contribution in [1.29, 1.82) is 0 Å². The quantitative estimate of drug-likeness (QED) is 0.349. The second-order valence-electron chi connectivity index (χ2n) is 8.78. The molecule has 0 radical (unpaired) electrons. The maximum absolute atomic E-state index is 2.53. The summed E-state index contributed by atoms with van der Waals surface area (Å²) in [6.45, 7) is 6.99. The zero-order valence-corrected chi connectivity index (χ0v) is 18.1. The number of rotatable bonds is 11. The lowest BCUT2D eigenvalue weighted by Gasteiger charge is -2.22. The molecule has 0 nitrogen and oxygen atoms in total. The van der Waals surface area contributed by atoms with Crippen molar-refractivity contribution in [3.63, 3.8) is 0 Å². The number of aryl methyl sites for hydroxylation is 2. The van der Waals surface area contributed by atoms with Crippen LogP contribution in [0.5, 0.6) is 0 Å². The Morgan fingerprint density at radius 1 is 0.654 bits per heavy atom. The van der Waals surface area contributed by atoms with E-state index >= 15 is 0 Å². The summed E-state index contributed by atoms with van der Waals surface area (Å²) in [6, 6.07) is 2.53. The van der Waals surface area contributed by atoms with Gasteiger partial charge in [-0.25, -0.2) is 0 Å². The van der Waals surface area contributed by atoms with Gasteiger partial charge in [0, 0.05) is 0 Å². The molecule has 1 aromatic carbocycles. The minimum absolute atomic E-state index is 1.32. The van der Waals surface area contributed by atoms with E-state index in [9.17, 15) is 0 Å². The van der Waals surface area contributed by atoms with Crippen molar-refractivity contribution >= 4 is 0 Å². The van der Waals surface area contributed by atoms with E-state index in [4.69, 9.17) is 0 Å². The predicted octanol–water partition coefficient (Wildman–Crippen LogP) is 8.43. The molecule has 1 aliphatic carbocycles. The van der Waals surface area contributed by atoms with Crippen LogP contribution in [-0.4, -0.2) is 0 Å². The summed E-state index contributed by atoms with van der Waals surface area (Å²) in [5.74, 6) is 0. The smallest absolute Gasteiger partial charge is 0.0273 e. The highest BCUT2D eigenvalue weighted by Crippen LogP contribution is 2.29. The Balaban J connectivity index is 1.75. The first-order valence-corrected chi connectivity index (χ1v) is 11.8. The van der Waals surface area contributed by atoms with Gasteiger partial charge < -0.3 is 0 Å². The highest BCUT2D eigenvalue weighted by molar-refractivity contribution is 5.45. The first-order chi connectivity index (χ1) is 12.7. The molecule has 0 N–H and O–H groups in total. The van der Waals surface area contributed by atoms with Gasteiger partial charge >= 0.3 is 0 Å². The molecule has 1 aliphatic rings. The van der Waals surface area contributed by atoms with Crippen LogP contribution in [0.2, 0.25) is 0 Å². The van der Waals surface area contributed by atoms with Crippen LogP contribution < -0.4 is 0 Å². The number of hydrogen-bond donors (Lipinski definition) is 0. The van der Waals surface area contributed by atoms with E-state index in [2.05, 4.69) is 26.8 Å². The van der Waals surface area contributed by atoms with Gasteiger partial charge in [-0.05, 0) is 80.2 Å². The maximum Gasteiger partial charge on any atom is -0.0273 e. The van der Waals surface area contributed by atoms with Crippen molar-refractivity contribution in [2.75, 3.05) is 0 Å². The summed E-state index contributed by atoms with van der Waals surface area (Å²) in [7, 11) is 0. The molecule has 0 bridgehead atoms. The van der Waals surface area contributed by atoms with Crippen molar-refractivity contribution in [2.45, 2.75) is 130 Å². The minimum Gasteiger partial charge on any atom is -0.0654 e. The van der Waals surface area contributed by atoms with Crippen LogP contribution in [-0.2, 0) is 19.3 Å². The van der Waals surface area contributed by atoms with Crippen LogP contribution in [0.4, 0.5) is 0 Å². The summed E-state index contributed by atoms with van der Waals surface area (Å²) in [5.41, 5.74) is 8.31. The lowest BCUT2D eigenvalue weighted by Crippen LogP contribution is -2.08. The third kappa shape index (κ3) is 7.09. The molecule has 0 fully saturated rings. The van der Waals surface area contributed by atoms with E-state index < -0.39 is 0 Å². The van der Waals surface area contributed by atoms with Crippen LogP contribution >= 0.6 is 0 Å². The fraction of sp³-hybridized carbons (Fsp3) is 0.769. The molecular weight excluding hydrogens is 312 g/mol. The molecule has 1 aromatic rings. The molecule has 0 unspecified atom stereocenters. The number of benzene rings is 1. The third-order valence-electron chi connectivity index (χ3n) is 6.59. The van der Waals surface area contributed by atoms with Gasteiger partial charge in [0.1, 0.15) is 0 Å². The molecule has 0 saturated heterocycles.